The predicted molar refractivity (Wildman–Crippen MR) is 106 cm³/mol. The zero-order valence-corrected chi connectivity index (χ0v) is 14.8. The van der Waals surface area contributed by atoms with Crippen LogP contribution in [0.15, 0.2) is 89.9 Å². The fraction of sp³-hybridized carbons (Fsp3) is 0.174. The Bertz CT molecular complexity index is 890. The first-order valence-corrected chi connectivity index (χ1v) is 8.90. The molecule has 2 atom stereocenters. The first-order valence-electron chi connectivity index (χ1n) is 8.90. The highest BCUT2D eigenvalue weighted by Gasteiger charge is 2.31. The Morgan fingerprint density at radius 1 is 0.808 bits per heavy atom. The summed E-state index contributed by atoms with van der Waals surface area (Å²) in [7, 11) is 1.71. The number of para-hydroxylation sites is 1. The summed E-state index contributed by atoms with van der Waals surface area (Å²) in [5.41, 5.74) is 3.62. The van der Waals surface area contributed by atoms with Gasteiger partial charge in [0, 0.05) is 12.0 Å². The van der Waals surface area contributed by atoms with E-state index in [1.165, 1.54) is 11.1 Å². The third-order valence-electron chi connectivity index (χ3n) is 4.78. The van der Waals surface area contributed by atoms with Crippen molar-refractivity contribution in [2.45, 2.75) is 18.5 Å². The van der Waals surface area contributed by atoms with Crippen LogP contribution in [0.4, 0.5) is 0 Å². The molecule has 0 aliphatic carbocycles. The number of ether oxygens (including phenoxy) is 1. The van der Waals surface area contributed by atoms with Crippen LogP contribution in [0.2, 0.25) is 0 Å². The monoisotopic (exact) mass is 342 g/mol. The van der Waals surface area contributed by atoms with Crippen molar-refractivity contribution in [2.75, 3.05) is 7.11 Å². The number of aliphatic imine (C=N–C) groups is 1. The summed E-state index contributed by atoms with van der Waals surface area (Å²) in [6.45, 7) is 0. The normalized spacial score (nSPS) is 18.9. The minimum absolute atomic E-state index is 0.0725. The molecule has 0 saturated heterocycles. The molecule has 0 radical (unpaired) electrons. The first kappa shape index (κ1) is 16.4. The molecule has 3 aromatic carbocycles. The number of amidine groups is 1. The summed E-state index contributed by atoms with van der Waals surface area (Å²) in [5.74, 6) is 1.90. The average Bonchev–Trinajstić information content (AvgIpc) is 3.13. The lowest BCUT2D eigenvalue weighted by molar-refractivity contribution is 0.411. The van der Waals surface area contributed by atoms with Gasteiger partial charge in [0.15, 0.2) is 0 Å². The highest BCUT2D eigenvalue weighted by atomic mass is 16.5. The van der Waals surface area contributed by atoms with Crippen LogP contribution >= 0.6 is 0 Å². The molecule has 4 rings (SSSR count). The zero-order valence-electron chi connectivity index (χ0n) is 14.8. The average molecular weight is 342 g/mol. The van der Waals surface area contributed by atoms with Gasteiger partial charge in [0.05, 0.1) is 13.2 Å². The molecule has 1 heterocycles. The number of methoxy groups -OCH3 is 1. The lowest BCUT2D eigenvalue weighted by Crippen LogP contribution is -2.25. The maximum Gasteiger partial charge on any atom is 0.122 e. The Kier molecular flexibility index (Phi) is 4.69. The fourth-order valence-corrected chi connectivity index (χ4v) is 3.51. The standard InChI is InChI=1S/C23H22N2O/c1-26-20-15-9-8-14-19(20)16-21-24-22(17-10-4-2-5-11-17)23(25-21)18-12-6-3-7-13-18/h2-15,22-23H,16H2,1H3,(H,24,25). The molecule has 0 aromatic heterocycles. The Morgan fingerprint density at radius 3 is 2.12 bits per heavy atom. The third kappa shape index (κ3) is 3.33. The molecule has 3 heteroatoms. The van der Waals surface area contributed by atoms with Crippen LogP contribution in [0.1, 0.15) is 28.8 Å². The second-order valence-corrected chi connectivity index (χ2v) is 6.45. The van der Waals surface area contributed by atoms with E-state index in [9.17, 15) is 0 Å². The highest BCUT2D eigenvalue weighted by molar-refractivity contribution is 5.87. The van der Waals surface area contributed by atoms with Crippen LogP contribution in [0.25, 0.3) is 0 Å². The van der Waals surface area contributed by atoms with E-state index in [0.717, 1.165) is 23.6 Å². The molecule has 130 valence electrons. The molecule has 0 fully saturated rings. The van der Waals surface area contributed by atoms with Gasteiger partial charge in [-0.2, -0.15) is 0 Å². The number of hydrogen-bond donors (Lipinski definition) is 1. The van der Waals surface area contributed by atoms with Gasteiger partial charge in [0.2, 0.25) is 0 Å². The van der Waals surface area contributed by atoms with Gasteiger partial charge in [-0.3, -0.25) is 4.99 Å². The Hall–Kier alpha value is -3.07. The van der Waals surface area contributed by atoms with Crippen molar-refractivity contribution in [1.82, 2.24) is 5.32 Å². The molecule has 1 aliphatic heterocycles. The molecule has 1 aliphatic rings. The maximum absolute atomic E-state index is 5.50. The molecule has 0 spiro atoms. The summed E-state index contributed by atoms with van der Waals surface area (Å²) in [4.78, 5) is 5.04. The van der Waals surface area contributed by atoms with Crippen LogP contribution in [0.5, 0.6) is 5.75 Å². The van der Waals surface area contributed by atoms with E-state index < -0.39 is 0 Å². The van der Waals surface area contributed by atoms with Crippen molar-refractivity contribution in [3.63, 3.8) is 0 Å². The van der Waals surface area contributed by atoms with Crippen molar-refractivity contribution in [3.05, 3.63) is 102 Å². The van der Waals surface area contributed by atoms with E-state index in [1.807, 2.05) is 30.3 Å². The number of nitrogens with one attached hydrogen (secondary N) is 1. The van der Waals surface area contributed by atoms with Crippen molar-refractivity contribution in [1.29, 1.82) is 0 Å². The summed E-state index contributed by atoms with van der Waals surface area (Å²) in [6, 6.07) is 29.4. The smallest absolute Gasteiger partial charge is 0.122 e. The summed E-state index contributed by atoms with van der Waals surface area (Å²) in [5, 5.41) is 3.65. The molecule has 0 saturated carbocycles. The van der Waals surface area contributed by atoms with Gasteiger partial charge in [-0.25, -0.2) is 0 Å². The van der Waals surface area contributed by atoms with Gasteiger partial charge in [-0.15, -0.1) is 0 Å². The first-order chi connectivity index (χ1) is 12.8. The van der Waals surface area contributed by atoms with Crippen molar-refractivity contribution < 1.29 is 4.74 Å². The Balaban J connectivity index is 1.66. The molecular weight excluding hydrogens is 320 g/mol. The SMILES string of the molecule is COc1ccccc1CC1=NC(c2ccccc2)C(c2ccccc2)N1. The quantitative estimate of drug-likeness (QED) is 0.728. The molecule has 0 amide bonds. The molecule has 1 N–H and O–H groups in total. The molecule has 3 nitrogen and oxygen atoms in total. The molecule has 0 bridgehead atoms. The van der Waals surface area contributed by atoms with E-state index in [2.05, 4.69) is 59.9 Å². The maximum atomic E-state index is 5.50. The van der Waals surface area contributed by atoms with Gasteiger partial charge in [0.1, 0.15) is 17.6 Å². The topological polar surface area (TPSA) is 33.6 Å². The van der Waals surface area contributed by atoms with Gasteiger partial charge in [-0.05, 0) is 17.2 Å². The van der Waals surface area contributed by atoms with Crippen LogP contribution < -0.4 is 10.1 Å². The Morgan fingerprint density at radius 2 is 1.42 bits per heavy atom. The number of hydrogen-bond acceptors (Lipinski definition) is 3. The number of nitrogens with zero attached hydrogens (tertiary/aromatic N) is 1. The van der Waals surface area contributed by atoms with E-state index >= 15 is 0 Å². The lowest BCUT2D eigenvalue weighted by Gasteiger charge is -2.19. The van der Waals surface area contributed by atoms with Gasteiger partial charge in [-0.1, -0.05) is 78.9 Å². The minimum Gasteiger partial charge on any atom is -0.496 e. The number of rotatable bonds is 5. The second-order valence-electron chi connectivity index (χ2n) is 6.45. The molecule has 26 heavy (non-hydrogen) atoms. The second kappa shape index (κ2) is 7.44. The van der Waals surface area contributed by atoms with Crippen LogP contribution in [-0.2, 0) is 6.42 Å². The van der Waals surface area contributed by atoms with E-state index in [-0.39, 0.29) is 12.1 Å². The highest BCUT2D eigenvalue weighted by Crippen LogP contribution is 2.36. The zero-order chi connectivity index (χ0) is 17.8. The van der Waals surface area contributed by atoms with Crippen LogP contribution in [0, 0.1) is 0 Å². The molecule has 3 aromatic rings. The summed E-state index contributed by atoms with van der Waals surface area (Å²) < 4.78 is 5.50. The minimum atomic E-state index is 0.0725. The van der Waals surface area contributed by atoms with E-state index in [0.29, 0.717) is 0 Å². The van der Waals surface area contributed by atoms with Crippen molar-refractivity contribution >= 4 is 5.84 Å². The third-order valence-corrected chi connectivity index (χ3v) is 4.78. The van der Waals surface area contributed by atoms with E-state index in [1.54, 1.807) is 7.11 Å². The van der Waals surface area contributed by atoms with Crippen LogP contribution in [0.3, 0.4) is 0 Å². The summed E-state index contributed by atoms with van der Waals surface area (Å²) in [6.07, 6.45) is 0.733. The van der Waals surface area contributed by atoms with E-state index in [4.69, 9.17) is 9.73 Å². The number of benzene rings is 3. The largest absolute Gasteiger partial charge is 0.496 e. The van der Waals surface area contributed by atoms with Gasteiger partial charge in [0.25, 0.3) is 0 Å². The molecular formula is C23H22N2O. The molecule has 2 unspecified atom stereocenters. The Labute approximate surface area is 154 Å². The van der Waals surface area contributed by atoms with Gasteiger partial charge < -0.3 is 10.1 Å². The van der Waals surface area contributed by atoms with Gasteiger partial charge >= 0.3 is 0 Å². The summed E-state index contributed by atoms with van der Waals surface area (Å²) >= 11 is 0. The predicted octanol–water partition coefficient (Wildman–Crippen LogP) is 4.72. The lowest BCUT2D eigenvalue weighted by atomic mass is 9.95. The van der Waals surface area contributed by atoms with Crippen LogP contribution in [-0.4, -0.2) is 12.9 Å². The van der Waals surface area contributed by atoms with Crippen molar-refractivity contribution in [3.8, 4) is 5.75 Å². The van der Waals surface area contributed by atoms with Crippen molar-refractivity contribution in [2.24, 2.45) is 4.99 Å². The fourth-order valence-electron chi connectivity index (χ4n) is 3.51.